The Morgan fingerprint density at radius 1 is 1.00 bits per heavy atom. The van der Waals surface area contributed by atoms with Gasteiger partial charge in [-0.3, -0.25) is 0 Å². The summed E-state index contributed by atoms with van der Waals surface area (Å²) in [5.41, 5.74) is 2.25. The number of aromatic nitrogens is 4. The summed E-state index contributed by atoms with van der Waals surface area (Å²) in [7, 11) is 0. The highest BCUT2D eigenvalue weighted by Gasteiger charge is 2.42. The molecule has 2 aromatic rings. The molecule has 1 aromatic carbocycles. The third-order valence-corrected chi connectivity index (χ3v) is 5.72. The zero-order chi connectivity index (χ0) is 16.4. The predicted molar refractivity (Wildman–Crippen MR) is 94.0 cm³/mol. The monoisotopic (exact) mass is 325 g/mol. The lowest BCUT2D eigenvalue weighted by molar-refractivity contribution is 0.237. The Kier molecular flexibility index (Phi) is 4.35. The zero-order valence-electron chi connectivity index (χ0n) is 14.5. The Morgan fingerprint density at radius 3 is 2.42 bits per heavy atom. The number of nitrogens with one attached hydrogen (secondary N) is 1. The van der Waals surface area contributed by atoms with Gasteiger partial charge in [0, 0.05) is 6.04 Å². The Balaban J connectivity index is 1.66. The van der Waals surface area contributed by atoms with Gasteiger partial charge >= 0.3 is 0 Å². The fourth-order valence-electron chi connectivity index (χ4n) is 4.39. The van der Waals surface area contributed by atoms with Gasteiger partial charge in [0.1, 0.15) is 0 Å². The molecule has 0 aliphatic heterocycles. The number of benzene rings is 1. The van der Waals surface area contributed by atoms with E-state index in [2.05, 4.69) is 52.0 Å². The maximum Gasteiger partial charge on any atom is 0.176 e. The molecular formula is C19H27N5. The molecule has 128 valence electrons. The van der Waals surface area contributed by atoms with Crippen molar-refractivity contribution in [2.75, 3.05) is 0 Å². The van der Waals surface area contributed by atoms with E-state index >= 15 is 0 Å². The van der Waals surface area contributed by atoms with Crippen LogP contribution in [0.25, 0.3) is 5.69 Å². The van der Waals surface area contributed by atoms with Gasteiger partial charge in [-0.25, -0.2) is 0 Å². The highest BCUT2D eigenvalue weighted by Crippen LogP contribution is 2.39. The second kappa shape index (κ2) is 6.63. The molecule has 0 saturated heterocycles. The second-order valence-electron chi connectivity index (χ2n) is 7.52. The number of tetrazole rings is 1. The lowest BCUT2D eigenvalue weighted by atomic mass is 9.89. The molecule has 1 N–H and O–H groups in total. The van der Waals surface area contributed by atoms with Crippen molar-refractivity contribution in [3.05, 3.63) is 35.7 Å². The normalized spacial score (nSPS) is 21.2. The van der Waals surface area contributed by atoms with Crippen molar-refractivity contribution in [2.45, 2.75) is 76.3 Å². The maximum atomic E-state index is 4.47. The first kappa shape index (κ1) is 15.8. The Bertz CT molecular complexity index is 663. The van der Waals surface area contributed by atoms with Crippen LogP contribution in [0.2, 0.25) is 0 Å². The molecule has 0 amide bonds. The third-order valence-electron chi connectivity index (χ3n) is 5.72. The van der Waals surface area contributed by atoms with Crippen LogP contribution < -0.4 is 5.32 Å². The zero-order valence-corrected chi connectivity index (χ0v) is 14.5. The van der Waals surface area contributed by atoms with Crippen molar-refractivity contribution < 1.29 is 0 Å². The van der Waals surface area contributed by atoms with Crippen molar-refractivity contribution in [3.63, 3.8) is 0 Å². The highest BCUT2D eigenvalue weighted by molar-refractivity contribution is 5.35. The summed E-state index contributed by atoms with van der Waals surface area (Å²) >= 11 is 0. The molecule has 2 aliphatic carbocycles. The molecule has 0 atom stereocenters. The Labute approximate surface area is 143 Å². The molecule has 0 unspecified atom stereocenters. The van der Waals surface area contributed by atoms with Crippen LogP contribution >= 0.6 is 0 Å². The first-order valence-corrected chi connectivity index (χ1v) is 9.40. The van der Waals surface area contributed by atoms with E-state index in [4.69, 9.17) is 0 Å². The van der Waals surface area contributed by atoms with E-state index < -0.39 is 0 Å². The summed E-state index contributed by atoms with van der Waals surface area (Å²) in [4.78, 5) is 0. The number of hydrogen-bond donors (Lipinski definition) is 1. The van der Waals surface area contributed by atoms with E-state index in [1.54, 1.807) is 0 Å². The molecule has 1 heterocycles. The summed E-state index contributed by atoms with van der Waals surface area (Å²) in [5, 5.41) is 16.8. The summed E-state index contributed by atoms with van der Waals surface area (Å²) in [6.45, 7) is 2.10. The smallest absolute Gasteiger partial charge is 0.176 e. The van der Waals surface area contributed by atoms with Crippen molar-refractivity contribution in [1.82, 2.24) is 25.5 Å². The van der Waals surface area contributed by atoms with Crippen LogP contribution in [0.1, 0.15) is 69.2 Å². The standard InChI is InChI=1S/C19H27N5/c1-15-9-11-17(12-10-15)24-18(21-22-23-24)19(13-5-6-14-19)20-16-7-3-2-4-8-16/h9-12,16,20H,2-8,13-14H2,1H3. The van der Waals surface area contributed by atoms with Crippen molar-refractivity contribution in [3.8, 4) is 5.69 Å². The molecule has 1 aromatic heterocycles. The topological polar surface area (TPSA) is 55.6 Å². The SMILES string of the molecule is Cc1ccc(-n2nnnc2C2(NC3CCCCC3)CCCC2)cc1. The van der Waals surface area contributed by atoms with Gasteiger partial charge in [0.05, 0.1) is 11.2 Å². The van der Waals surface area contributed by atoms with E-state index in [1.165, 1.54) is 50.5 Å². The van der Waals surface area contributed by atoms with E-state index in [-0.39, 0.29) is 5.54 Å². The van der Waals surface area contributed by atoms with Crippen LogP contribution in [0.5, 0.6) is 0 Å². The average Bonchev–Trinajstić information content (AvgIpc) is 3.26. The second-order valence-corrected chi connectivity index (χ2v) is 7.52. The molecule has 0 radical (unpaired) electrons. The molecule has 0 spiro atoms. The van der Waals surface area contributed by atoms with Crippen LogP contribution in [-0.4, -0.2) is 26.2 Å². The molecule has 5 heteroatoms. The number of aryl methyl sites for hydroxylation is 1. The molecule has 2 aliphatic rings. The van der Waals surface area contributed by atoms with Crippen molar-refractivity contribution in [2.24, 2.45) is 0 Å². The number of rotatable bonds is 4. The number of nitrogens with zero attached hydrogens (tertiary/aromatic N) is 4. The van der Waals surface area contributed by atoms with Crippen molar-refractivity contribution in [1.29, 1.82) is 0 Å². The van der Waals surface area contributed by atoms with Gasteiger partial charge < -0.3 is 5.32 Å². The molecule has 24 heavy (non-hydrogen) atoms. The first-order chi connectivity index (χ1) is 11.8. The highest BCUT2D eigenvalue weighted by atomic mass is 15.6. The third kappa shape index (κ3) is 2.97. The van der Waals surface area contributed by atoms with Crippen LogP contribution in [0, 0.1) is 6.92 Å². The van der Waals surface area contributed by atoms with E-state index in [0.29, 0.717) is 6.04 Å². The molecule has 5 nitrogen and oxygen atoms in total. The molecular weight excluding hydrogens is 298 g/mol. The lowest BCUT2D eigenvalue weighted by Crippen LogP contribution is -2.48. The first-order valence-electron chi connectivity index (χ1n) is 9.40. The predicted octanol–water partition coefficient (Wildman–Crippen LogP) is 3.66. The van der Waals surface area contributed by atoms with Gasteiger partial charge in [-0.1, -0.05) is 49.8 Å². The van der Waals surface area contributed by atoms with Gasteiger partial charge in [0.25, 0.3) is 0 Å². The molecule has 2 saturated carbocycles. The van der Waals surface area contributed by atoms with Crippen LogP contribution in [0.4, 0.5) is 0 Å². The summed E-state index contributed by atoms with van der Waals surface area (Å²) < 4.78 is 1.95. The van der Waals surface area contributed by atoms with Crippen LogP contribution in [-0.2, 0) is 5.54 Å². The van der Waals surface area contributed by atoms with Gasteiger partial charge in [-0.15, -0.1) is 5.10 Å². The van der Waals surface area contributed by atoms with Crippen molar-refractivity contribution >= 4 is 0 Å². The largest absolute Gasteiger partial charge is 0.302 e. The van der Waals surface area contributed by atoms with Gasteiger partial charge in [-0.05, 0) is 55.2 Å². The number of hydrogen-bond acceptors (Lipinski definition) is 4. The minimum absolute atomic E-state index is 0.0591. The molecule has 2 fully saturated rings. The lowest BCUT2D eigenvalue weighted by Gasteiger charge is -2.35. The Hall–Kier alpha value is -1.75. The molecule has 0 bridgehead atoms. The van der Waals surface area contributed by atoms with Crippen LogP contribution in [0.3, 0.4) is 0 Å². The Morgan fingerprint density at radius 2 is 1.71 bits per heavy atom. The average molecular weight is 325 g/mol. The summed E-state index contributed by atoms with van der Waals surface area (Å²) in [6.07, 6.45) is 11.4. The van der Waals surface area contributed by atoms with E-state index in [0.717, 1.165) is 24.4 Å². The van der Waals surface area contributed by atoms with Gasteiger partial charge in [0.2, 0.25) is 0 Å². The summed E-state index contributed by atoms with van der Waals surface area (Å²) in [5.74, 6) is 0.995. The minimum Gasteiger partial charge on any atom is -0.302 e. The fraction of sp³-hybridized carbons (Fsp3) is 0.632. The summed E-state index contributed by atoms with van der Waals surface area (Å²) in [6, 6.07) is 9.07. The van der Waals surface area contributed by atoms with Gasteiger partial charge in [-0.2, -0.15) is 4.68 Å². The van der Waals surface area contributed by atoms with Crippen LogP contribution in [0.15, 0.2) is 24.3 Å². The van der Waals surface area contributed by atoms with E-state index in [1.807, 2.05) is 4.68 Å². The minimum atomic E-state index is -0.0591. The fourth-order valence-corrected chi connectivity index (χ4v) is 4.39. The van der Waals surface area contributed by atoms with E-state index in [9.17, 15) is 0 Å². The quantitative estimate of drug-likeness (QED) is 0.932. The maximum absolute atomic E-state index is 4.47. The van der Waals surface area contributed by atoms with Gasteiger partial charge in [0.15, 0.2) is 5.82 Å². The molecule has 4 rings (SSSR count).